The van der Waals surface area contributed by atoms with Crippen molar-refractivity contribution in [3.8, 4) is 5.75 Å². The normalized spacial score (nSPS) is 12.2. The fourth-order valence-electron chi connectivity index (χ4n) is 1.34. The van der Waals surface area contributed by atoms with Gasteiger partial charge >= 0.3 is 0 Å². The molecule has 0 saturated heterocycles. The van der Waals surface area contributed by atoms with Crippen molar-refractivity contribution < 1.29 is 9.47 Å². The van der Waals surface area contributed by atoms with Crippen LogP contribution in [0.3, 0.4) is 0 Å². The summed E-state index contributed by atoms with van der Waals surface area (Å²) in [5.41, 5.74) is 0.898. The molecule has 0 aromatic heterocycles. The van der Waals surface area contributed by atoms with Crippen LogP contribution < -0.4 is 10.1 Å². The highest BCUT2D eigenvalue weighted by Crippen LogP contribution is 2.26. The molecule has 0 spiro atoms. The van der Waals surface area contributed by atoms with Gasteiger partial charge in [0, 0.05) is 18.7 Å². The predicted octanol–water partition coefficient (Wildman–Crippen LogP) is 3.19. The van der Waals surface area contributed by atoms with Crippen LogP contribution >= 0.6 is 11.6 Å². The Hall–Kier alpha value is -0.930. The number of ether oxygens (including phenoxy) is 2. The Bertz CT molecular complexity index is 331. The zero-order valence-corrected chi connectivity index (χ0v) is 10.7. The van der Waals surface area contributed by atoms with Crippen molar-refractivity contribution in [2.45, 2.75) is 19.9 Å². The molecule has 0 aliphatic heterocycles. The summed E-state index contributed by atoms with van der Waals surface area (Å²) in [6.07, 6.45) is 0. The SMILES string of the molecule is CCOCC(C)Nc1ccc(OC)cc1Cl. The molecule has 90 valence electrons. The van der Waals surface area contributed by atoms with E-state index in [1.165, 1.54) is 0 Å². The molecule has 0 bridgehead atoms. The maximum atomic E-state index is 6.10. The minimum absolute atomic E-state index is 0.228. The summed E-state index contributed by atoms with van der Waals surface area (Å²) in [6, 6.07) is 5.80. The summed E-state index contributed by atoms with van der Waals surface area (Å²) < 4.78 is 10.4. The van der Waals surface area contributed by atoms with Gasteiger partial charge in [0.05, 0.1) is 24.4 Å². The Labute approximate surface area is 102 Å². The molecule has 1 rings (SSSR count). The number of hydrogen-bond donors (Lipinski definition) is 1. The fourth-order valence-corrected chi connectivity index (χ4v) is 1.57. The highest BCUT2D eigenvalue weighted by molar-refractivity contribution is 6.33. The van der Waals surface area contributed by atoms with Crippen molar-refractivity contribution in [2.24, 2.45) is 0 Å². The third-order valence-electron chi connectivity index (χ3n) is 2.15. The number of halogens is 1. The molecule has 0 aliphatic rings. The van der Waals surface area contributed by atoms with Crippen LogP contribution in [-0.2, 0) is 4.74 Å². The lowest BCUT2D eigenvalue weighted by Crippen LogP contribution is -2.21. The van der Waals surface area contributed by atoms with Gasteiger partial charge in [-0.2, -0.15) is 0 Å². The van der Waals surface area contributed by atoms with Crippen molar-refractivity contribution >= 4 is 17.3 Å². The molecule has 4 heteroatoms. The smallest absolute Gasteiger partial charge is 0.120 e. The molecule has 0 fully saturated rings. The number of benzene rings is 1. The van der Waals surface area contributed by atoms with Gasteiger partial charge in [0.15, 0.2) is 0 Å². The van der Waals surface area contributed by atoms with E-state index < -0.39 is 0 Å². The van der Waals surface area contributed by atoms with Crippen molar-refractivity contribution in [3.05, 3.63) is 23.2 Å². The second-order valence-corrected chi connectivity index (χ2v) is 3.96. The first kappa shape index (κ1) is 13.1. The lowest BCUT2D eigenvalue weighted by molar-refractivity contribution is 0.141. The second-order valence-electron chi connectivity index (χ2n) is 3.55. The van der Waals surface area contributed by atoms with Gasteiger partial charge in [0.2, 0.25) is 0 Å². The van der Waals surface area contributed by atoms with E-state index in [-0.39, 0.29) is 6.04 Å². The molecule has 1 aromatic rings. The first-order valence-electron chi connectivity index (χ1n) is 5.35. The zero-order chi connectivity index (χ0) is 12.0. The highest BCUT2D eigenvalue weighted by atomic mass is 35.5. The molecule has 0 heterocycles. The van der Waals surface area contributed by atoms with E-state index in [2.05, 4.69) is 12.2 Å². The molecule has 0 saturated carbocycles. The Balaban J connectivity index is 2.59. The molecule has 1 unspecified atom stereocenters. The van der Waals surface area contributed by atoms with Crippen molar-refractivity contribution in [1.82, 2.24) is 0 Å². The van der Waals surface area contributed by atoms with Crippen LogP contribution in [0.15, 0.2) is 18.2 Å². The molecule has 0 aliphatic carbocycles. The minimum atomic E-state index is 0.228. The van der Waals surface area contributed by atoms with Gasteiger partial charge in [-0.15, -0.1) is 0 Å². The number of rotatable bonds is 6. The zero-order valence-electron chi connectivity index (χ0n) is 9.92. The van der Waals surface area contributed by atoms with Gasteiger partial charge < -0.3 is 14.8 Å². The third kappa shape index (κ3) is 3.91. The molecule has 1 aromatic carbocycles. The van der Waals surface area contributed by atoms with Gasteiger partial charge in [-0.1, -0.05) is 11.6 Å². The maximum absolute atomic E-state index is 6.10. The van der Waals surface area contributed by atoms with Gasteiger partial charge in [0.1, 0.15) is 5.75 Å². The predicted molar refractivity (Wildman–Crippen MR) is 67.6 cm³/mol. The third-order valence-corrected chi connectivity index (χ3v) is 2.46. The van der Waals surface area contributed by atoms with Crippen LogP contribution in [0.25, 0.3) is 0 Å². The van der Waals surface area contributed by atoms with E-state index in [0.29, 0.717) is 11.6 Å². The quantitative estimate of drug-likeness (QED) is 0.833. The summed E-state index contributed by atoms with van der Waals surface area (Å²) in [5, 5.41) is 3.94. The van der Waals surface area contributed by atoms with Gasteiger partial charge in [0.25, 0.3) is 0 Å². The Kier molecular flexibility index (Phi) is 5.43. The van der Waals surface area contributed by atoms with Gasteiger partial charge in [-0.25, -0.2) is 0 Å². The Morgan fingerprint density at radius 3 is 2.75 bits per heavy atom. The molecule has 3 nitrogen and oxygen atoms in total. The number of methoxy groups -OCH3 is 1. The average molecular weight is 244 g/mol. The van der Waals surface area contributed by atoms with E-state index in [9.17, 15) is 0 Å². The molecular weight excluding hydrogens is 226 g/mol. The van der Waals surface area contributed by atoms with Crippen molar-refractivity contribution in [1.29, 1.82) is 0 Å². The average Bonchev–Trinajstić information content (AvgIpc) is 2.29. The summed E-state index contributed by atoms with van der Waals surface area (Å²) in [4.78, 5) is 0. The number of hydrogen-bond acceptors (Lipinski definition) is 3. The van der Waals surface area contributed by atoms with E-state index >= 15 is 0 Å². The fraction of sp³-hybridized carbons (Fsp3) is 0.500. The van der Waals surface area contributed by atoms with Crippen LogP contribution in [0.1, 0.15) is 13.8 Å². The van der Waals surface area contributed by atoms with E-state index in [0.717, 1.165) is 18.0 Å². The monoisotopic (exact) mass is 243 g/mol. The summed E-state index contributed by atoms with van der Waals surface area (Å²) in [5.74, 6) is 0.757. The molecule has 16 heavy (non-hydrogen) atoms. The van der Waals surface area contributed by atoms with Crippen LogP contribution in [0.5, 0.6) is 5.75 Å². The lowest BCUT2D eigenvalue weighted by atomic mass is 10.2. The largest absolute Gasteiger partial charge is 0.497 e. The molecule has 0 radical (unpaired) electrons. The van der Waals surface area contributed by atoms with E-state index in [4.69, 9.17) is 21.1 Å². The first-order chi connectivity index (χ1) is 7.67. The van der Waals surface area contributed by atoms with E-state index in [1.54, 1.807) is 13.2 Å². The van der Waals surface area contributed by atoms with Crippen LogP contribution in [0.2, 0.25) is 5.02 Å². The molecular formula is C12H18ClNO2. The molecule has 1 atom stereocenters. The minimum Gasteiger partial charge on any atom is -0.497 e. The number of anilines is 1. The van der Waals surface area contributed by atoms with Crippen LogP contribution in [0, 0.1) is 0 Å². The lowest BCUT2D eigenvalue weighted by Gasteiger charge is -2.16. The van der Waals surface area contributed by atoms with Crippen LogP contribution in [0.4, 0.5) is 5.69 Å². The Morgan fingerprint density at radius 2 is 2.19 bits per heavy atom. The van der Waals surface area contributed by atoms with Crippen molar-refractivity contribution in [2.75, 3.05) is 25.6 Å². The topological polar surface area (TPSA) is 30.5 Å². The highest BCUT2D eigenvalue weighted by Gasteiger charge is 2.06. The summed E-state index contributed by atoms with van der Waals surface area (Å²) in [6.45, 7) is 5.42. The standard InChI is InChI=1S/C12H18ClNO2/c1-4-16-8-9(2)14-12-6-5-10(15-3)7-11(12)13/h5-7,9,14H,4,8H2,1-3H3. The van der Waals surface area contributed by atoms with E-state index in [1.807, 2.05) is 19.1 Å². The summed E-state index contributed by atoms with van der Waals surface area (Å²) in [7, 11) is 1.62. The van der Waals surface area contributed by atoms with Crippen molar-refractivity contribution in [3.63, 3.8) is 0 Å². The van der Waals surface area contributed by atoms with Gasteiger partial charge in [-0.05, 0) is 26.0 Å². The molecule has 1 N–H and O–H groups in total. The first-order valence-corrected chi connectivity index (χ1v) is 5.73. The maximum Gasteiger partial charge on any atom is 0.120 e. The number of nitrogens with one attached hydrogen (secondary N) is 1. The van der Waals surface area contributed by atoms with Gasteiger partial charge in [-0.3, -0.25) is 0 Å². The summed E-state index contributed by atoms with van der Waals surface area (Å²) >= 11 is 6.10. The second kappa shape index (κ2) is 6.61. The molecule has 0 amide bonds. The Morgan fingerprint density at radius 1 is 1.44 bits per heavy atom. The van der Waals surface area contributed by atoms with Crippen LogP contribution in [-0.4, -0.2) is 26.4 Å².